The van der Waals surface area contributed by atoms with Gasteiger partial charge in [0.15, 0.2) is 0 Å². The topological polar surface area (TPSA) is 52.7 Å². The molecule has 170 valence electrons. The number of fused-ring (bicyclic) bond motifs is 1. The molecule has 1 aliphatic heterocycles. The zero-order chi connectivity index (χ0) is 22.6. The maximum atomic E-state index is 12.2. The Morgan fingerprint density at radius 3 is 2.32 bits per heavy atom. The number of benzene rings is 2. The van der Waals surface area contributed by atoms with Crippen molar-refractivity contribution in [2.24, 2.45) is 0 Å². The highest BCUT2D eigenvalue weighted by Crippen LogP contribution is 2.50. The first-order chi connectivity index (χ1) is 14.8. The summed E-state index contributed by atoms with van der Waals surface area (Å²) in [6, 6.07) is 14.7. The van der Waals surface area contributed by atoms with Crippen LogP contribution in [-0.4, -0.2) is 42.2 Å². The summed E-state index contributed by atoms with van der Waals surface area (Å²) >= 11 is 1.79. The van der Waals surface area contributed by atoms with Gasteiger partial charge in [0.1, 0.15) is 0 Å². The van der Waals surface area contributed by atoms with Crippen LogP contribution >= 0.6 is 11.9 Å². The smallest absolute Gasteiger partial charge is 0.0842 e. The van der Waals surface area contributed by atoms with E-state index in [2.05, 4.69) is 68.5 Å². The van der Waals surface area contributed by atoms with Gasteiger partial charge in [-0.15, -0.1) is 0 Å². The molecule has 0 spiro atoms. The fourth-order valence-corrected chi connectivity index (χ4v) is 6.05. The molecular weight excluding hydrogens is 402 g/mol. The molecule has 3 N–H and O–H groups in total. The van der Waals surface area contributed by atoms with E-state index in [4.69, 9.17) is 5.73 Å². The molecule has 0 saturated heterocycles. The highest BCUT2D eigenvalue weighted by atomic mass is 32.2. The molecule has 4 nitrogen and oxygen atoms in total. The third-order valence-electron chi connectivity index (χ3n) is 6.77. The zero-order valence-electron chi connectivity index (χ0n) is 19.8. The lowest BCUT2D eigenvalue weighted by Gasteiger charge is -2.45. The second kappa shape index (κ2) is 10.3. The van der Waals surface area contributed by atoms with Crippen molar-refractivity contribution in [1.82, 2.24) is 4.31 Å². The normalized spacial score (nSPS) is 20.8. The van der Waals surface area contributed by atoms with Crippen LogP contribution < -0.4 is 10.6 Å². The summed E-state index contributed by atoms with van der Waals surface area (Å²) in [5, 5.41) is 12.2. The summed E-state index contributed by atoms with van der Waals surface area (Å²) in [6.07, 6.45) is 5.91. The molecule has 2 aromatic carbocycles. The number of aliphatic hydroxyl groups excluding tert-OH is 1. The number of likely N-dealkylation sites (N-methyl/N-ethyl adjacent to an activating group) is 1. The molecular formula is C26H39N3OS. The first kappa shape index (κ1) is 24.0. The standard InChI is InChI=1S/C26H39N3OS/c1-6-8-15-26(16-9-7-2)25(30)24(19-11-10-12-20(27)17-19)22-18-21(28(3)4)13-14-23(22)31-29(26)5/h10-14,17-18,24-25,30H,6-9,15-16,27H2,1-5H3/t24-,25-/m1/s1. The third-order valence-corrected chi connectivity index (χ3v) is 7.98. The molecule has 2 atom stereocenters. The Morgan fingerprint density at radius 2 is 1.74 bits per heavy atom. The molecule has 31 heavy (non-hydrogen) atoms. The first-order valence-electron chi connectivity index (χ1n) is 11.6. The lowest BCUT2D eigenvalue weighted by molar-refractivity contribution is 0.000499. The molecule has 5 heteroatoms. The SMILES string of the molecule is CCCCC1(CCCC)[C@H](O)[C@H](c2cccc(N)c2)c2cc(N(C)C)ccc2SN1C. The number of nitrogens with zero attached hydrogens (tertiary/aromatic N) is 2. The van der Waals surface area contributed by atoms with Crippen molar-refractivity contribution in [1.29, 1.82) is 0 Å². The van der Waals surface area contributed by atoms with E-state index in [1.165, 1.54) is 10.5 Å². The molecule has 3 rings (SSSR count). The second-order valence-electron chi connectivity index (χ2n) is 9.11. The lowest BCUT2D eigenvalue weighted by atomic mass is 9.72. The van der Waals surface area contributed by atoms with Crippen molar-refractivity contribution in [2.75, 3.05) is 31.8 Å². The molecule has 2 aromatic rings. The molecule has 0 amide bonds. The molecule has 1 heterocycles. The van der Waals surface area contributed by atoms with Crippen LogP contribution in [-0.2, 0) is 0 Å². The maximum Gasteiger partial charge on any atom is 0.0842 e. The lowest BCUT2D eigenvalue weighted by Crippen LogP contribution is -2.54. The molecule has 0 saturated carbocycles. The number of hydrogen-bond acceptors (Lipinski definition) is 5. The van der Waals surface area contributed by atoms with E-state index in [-0.39, 0.29) is 11.5 Å². The van der Waals surface area contributed by atoms with Gasteiger partial charge < -0.3 is 15.7 Å². The Kier molecular flexibility index (Phi) is 7.95. The van der Waals surface area contributed by atoms with Crippen molar-refractivity contribution in [3.63, 3.8) is 0 Å². The van der Waals surface area contributed by atoms with Crippen molar-refractivity contribution in [2.45, 2.75) is 74.8 Å². The minimum absolute atomic E-state index is 0.121. The third kappa shape index (κ3) is 4.89. The van der Waals surface area contributed by atoms with Crippen LogP contribution in [0.4, 0.5) is 11.4 Å². The predicted octanol–water partition coefficient (Wildman–Crippen LogP) is 5.90. The van der Waals surface area contributed by atoms with Crippen LogP contribution in [0.15, 0.2) is 47.4 Å². The minimum Gasteiger partial charge on any atom is -0.399 e. The van der Waals surface area contributed by atoms with Gasteiger partial charge in [0.05, 0.1) is 11.6 Å². The second-order valence-corrected chi connectivity index (χ2v) is 10.3. The van der Waals surface area contributed by atoms with Gasteiger partial charge in [-0.05, 0) is 73.3 Å². The van der Waals surface area contributed by atoms with Crippen molar-refractivity contribution in [3.8, 4) is 0 Å². The minimum atomic E-state index is -0.524. The molecule has 0 radical (unpaired) electrons. The van der Waals surface area contributed by atoms with E-state index in [9.17, 15) is 5.11 Å². The summed E-state index contributed by atoms with van der Waals surface area (Å²) < 4.78 is 2.36. The van der Waals surface area contributed by atoms with Gasteiger partial charge in [-0.2, -0.15) is 0 Å². The first-order valence-corrected chi connectivity index (χ1v) is 12.4. The van der Waals surface area contributed by atoms with Crippen LogP contribution in [0.2, 0.25) is 0 Å². The molecule has 0 unspecified atom stereocenters. The Hall–Kier alpha value is -1.69. The highest BCUT2D eigenvalue weighted by Gasteiger charge is 2.48. The largest absolute Gasteiger partial charge is 0.399 e. The van der Waals surface area contributed by atoms with Gasteiger partial charge in [-0.3, -0.25) is 0 Å². The monoisotopic (exact) mass is 441 g/mol. The molecule has 0 fully saturated rings. The van der Waals surface area contributed by atoms with Gasteiger partial charge in [0.2, 0.25) is 0 Å². The van der Waals surface area contributed by atoms with Gasteiger partial charge in [0, 0.05) is 36.3 Å². The molecule has 0 aromatic heterocycles. The molecule has 0 aliphatic carbocycles. The average Bonchev–Trinajstić information content (AvgIpc) is 2.83. The van der Waals surface area contributed by atoms with Crippen molar-refractivity contribution < 1.29 is 5.11 Å². The summed E-state index contributed by atoms with van der Waals surface area (Å²) in [5.41, 5.74) is 10.1. The van der Waals surface area contributed by atoms with Crippen molar-refractivity contribution in [3.05, 3.63) is 53.6 Å². The van der Waals surface area contributed by atoms with Crippen molar-refractivity contribution >= 4 is 23.3 Å². The van der Waals surface area contributed by atoms with E-state index in [1.54, 1.807) is 11.9 Å². The van der Waals surface area contributed by atoms with E-state index in [1.807, 2.05) is 18.2 Å². The van der Waals surface area contributed by atoms with Crippen LogP contribution in [0.5, 0.6) is 0 Å². The number of anilines is 2. The number of nitrogen functional groups attached to an aromatic ring is 1. The number of rotatable bonds is 8. The number of unbranched alkanes of at least 4 members (excludes halogenated alkanes) is 2. The number of aliphatic hydroxyl groups is 1. The maximum absolute atomic E-state index is 12.2. The fourth-order valence-electron chi connectivity index (χ4n) is 4.86. The number of hydrogen-bond donors (Lipinski definition) is 2. The van der Waals surface area contributed by atoms with Crippen LogP contribution in [0.1, 0.15) is 69.4 Å². The van der Waals surface area contributed by atoms with E-state index < -0.39 is 6.10 Å². The van der Waals surface area contributed by atoms with Gasteiger partial charge in [-0.1, -0.05) is 51.7 Å². The molecule has 1 aliphatic rings. The van der Waals surface area contributed by atoms with Crippen LogP contribution in [0, 0.1) is 0 Å². The average molecular weight is 442 g/mol. The highest BCUT2D eigenvalue weighted by molar-refractivity contribution is 7.97. The summed E-state index contributed by atoms with van der Waals surface area (Å²) in [4.78, 5) is 3.35. The van der Waals surface area contributed by atoms with Gasteiger partial charge >= 0.3 is 0 Å². The zero-order valence-corrected chi connectivity index (χ0v) is 20.6. The Balaban J connectivity index is 2.22. The number of nitrogens with two attached hydrogens (primary N) is 1. The quantitative estimate of drug-likeness (QED) is 0.395. The Bertz CT molecular complexity index is 861. The van der Waals surface area contributed by atoms with Crippen LogP contribution in [0.3, 0.4) is 0 Å². The van der Waals surface area contributed by atoms with E-state index in [0.717, 1.165) is 55.5 Å². The van der Waals surface area contributed by atoms with Crippen LogP contribution in [0.25, 0.3) is 0 Å². The fraction of sp³-hybridized carbons (Fsp3) is 0.538. The Morgan fingerprint density at radius 1 is 1.06 bits per heavy atom. The summed E-state index contributed by atoms with van der Waals surface area (Å²) in [6.45, 7) is 4.47. The van der Waals surface area contributed by atoms with Gasteiger partial charge in [0.25, 0.3) is 0 Å². The summed E-state index contributed by atoms with van der Waals surface area (Å²) in [5.74, 6) is -0.121. The van der Waals surface area contributed by atoms with E-state index >= 15 is 0 Å². The predicted molar refractivity (Wildman–Crippen MR) is 135 cm³/mol. The van der Waals surface area contributed by atoms with Gasteiger partial charge in [-0.25, -0.2) is 4.31 Å². The Labute approximate surface area is 193 Å². The summed E-state index contributed by atoms with van der Waals surface area (Å²) in [7, 11) is 6.30. The molecule has 0 bridgehead atoms. The van der Waals surface area contributed by atoms with E-state index in [0.29, 0.717) is 0 Å².